The number of likely N-dealkylation sites (tertiary alicyclic amines) is 1. The highest BCUT2D eigenvalue weighted by Crippen LogP contribution is 2.52. The Morgan fingerprint density at radius 3 is 3.04 bits per heavy atom. The lowest BCUT2D eigenvalue weighted by Gasteiger charge is -2.23. The number of fused-ring (bicyclic) bond motifs is 1. The van der Waals surface area contributed by atoms with E-state index in [2.05, 4.69) is 0 Å². The first-order chi connectivity index (χ1) is 11.5. The number of hydrogen-bond acceptors (Lipinski definition) is 5. The van der Waals surface area contributed by atoms with E-state index in [4.69, 9.17) is 14.2 Å². The van der Waals surface area contributed by atoms with Crippen molar-refractivity contribution in [2.75, 3.05) is 26.3 Å². The van der Waals surface area contributed by atoms with Crippen LogP contribution in [0.15, 0.2) is 12.2 Å². The van der Waals surface area contributed by atoms with Gasteiger partial charge in [0.2, 0.25) is 5.91 Å². The van der Waals surface area contributed by atoms with Crippen LogP contribution in [0.5, 0.6) is 0 Å². The Kier molecular flexibility index (Phi) is 3.92. The van der Waals surface area contributed by atoms with E-state index in [9.17, 15) is 9.59 Å². The van der Waals surface area contributed by atoms with Crippen LogP contribution in [-0.2, 0) is 23.8 Å². The summed E-state index contributed by atoms with van der Waals surface area (Å²) in [6.45, 7) is 6.24. The van der Waals surface area contributed by atoms with E-state index in [0.29, 0.717) is 19.7 Å². The normalized spacial score (nSPS) is 40.0. The summed E-state index contributed by atoms with van der Waals surface area (Å²) in [4.78, 5) is 27.3. The van der Waals surface area contributed by atoms with Crippen molar-refractivity contribution in [3.63, 3.8) is 0 Å². The van der Waals surface area contributed by atoms with Crippen LogP contribution in [0.3, 0.4) is 0 Å². The number of rotatable bonds is 5. The average molecular weight is 335 g/mol. The minimum absolute atomic E-state index is 0.00356. The molecule has 4 heterocycles. The van der Waals surface area contributed by atoms with Crippen LogP contribution in [-0.4, -0.2) is 60.9 Å². The zero-order valence-corrected chi connectivity index (χ0v) is 14.3. The largest absolute Gasteiger partial charge is 0.465 e. The van der Waals surface area contributed by atoms with Crippen molar-refractivity contribution in [1.82, 2.24) is 4.90 Å². The van der Waals surface area contributed by atoms with Gasteiger partial charge in [0, 0.05) is 13.2 Å². The molecule has 2 bridgehead atoms. The van der Waals surface area contributed by atoms with Crippen LogP contribution >= 0.6 is 0 Å². The van der Waals surface area contributed by atoms with Gasteiger partial charge in [0.15, 0.2) is 0 Å². The Balaban J connectivity index is 1.50. The number of esters is 1. The van der Waals surface area contributed by atoms with Gasteiger partial charge in [0.1, 0.15) is 11.5 Å². The summed E-state index contributed by atoms with van der Waals surface area (Å²) in [6.07, 6.45) is 5.70. The van der Waals surface area contributed by atoms with Gasteiger partial charge >= 0.3 is 5.97 Å². The lowest BCUT2D eigenvalue weighted by Crippen LogP contribution is -2.40. The third kappa shape index (κ3) is 2.47. The van der Waals surface area contributed by atoms with Gasteiger partial charge < -0.3 is 19.1 Å². The van der Waals surface area contributed by atoms with Gasteiger partial charge in [-0.15, -0.1) is 0 Å². The zero-order valence-electron chi connectivity index (χ0n) is 14.3. The molecule has 4 aliphatic rings. The molecule has 0 aromatic heterocycles. The summed E-state index contributed by atoms with van der Waals surface area (Å²) in [6, 6.07) is 0. The third-order valence-corrected chi connectivity index (χ3v) is 5.46. The molecular formula is C18H25NO5. The van der Waals surface area contributed by atoms with E-state index >= 15 is 0 Å². The molecular weight excluding hydrogens is 310 g/mol. The van der Waals surface area contributed by atoms with Crippen LogP contribution in [0, 0.1) is 17.8 Å². The molecule has 132 valence electrons. The van der Waals surface area contributed by atoms with E-state index in [0.717, 1.165) is 19.4 Å². The quantitative estimate of drug-likeness (QED) is 0.557. The van der Waals surface area contributed by atoms with E-state index in [1.54, 1.807) is 0 Å². The highest BCUT2D eigenvalue weighted by molar-refractivity contribution is 5.91. The van der Waals surface area contributed by atoms with Crippen molar-refractivity contribution in [2.45, 2.75) is 44.5 Å². The summed E-state index contributed by atoms with van der Waals surface area (Å²) >= 11 is 0. The molecule has 6 nitrogen and oxygen atoms in total. The SMILES string of the molecule is CC(C)COC(=O)[C@@H]1[C@@H]2C=C[C@]3(CN(C[C@@H]4CCCO4)C(=O)[C@H]13)O2. The fraction of sp³-hybridized carbons (Fsp3) is 0.778. The van der Waals surface area contributed by atoms with Crippen LogP contribution in [0.4, 0.5) is 0 Å². The highest BCUT2D eigenvalue weighted by Gasteiger charge is 2.67. The van der Waals surface area contributed by atoms with E-state index in [1.165, 1.54) is 0 Å². The molecule has 1 spiro atoms. The van der Waals surface area contributed by atoms with Gasteiger partial charge in [-0.25, -0.2) is 0 Å². The van der Waals surface area contributed by atoms with Gasteiger partial charge in [0.25, 0.3) is 0 Å². The van der Waals surface area contributed by atoms with Crippen LogP contribution in [0.25, 0.3) is 0 Å². The smallest absolute Gasteiger partial charge is 0.312 e. The first-order valence-corrected chi connectivity index (χ1v) is 8.94. The van der Waals surface area contributed by atoms with E-state index in [1.807, 2.05) is 30.9 Å². The molecule has 3 fully saturated rings. The Morgan fingerprint density at radius 2 is 2.33 bits per heavy atom. The number of carbonyl (C=O) groups excluding carboxylic acids is 2. The Morgan fingerprint density at radius 1 is 1.50 bits per heavy atom. The molecule has 0 aliphatic carbocycles. The van der Waals surface area contributed by atoms with Gasteiger partial charge in [0.05, 0.1) is 31.3 Å². The number of amides is 1. The monoisotopic (exact) mass is 335 g/mol. The fourth-order valence-corrected chi connectivity index (χ4v) is 4.38. The minimum Gasteiger partial charge on any atom is -0.465 e. The first-order valence-electron chi connectivity index (χ1n) is 8.94. The van der Waals surface area contributed by atoms with Gasteiger partial charge in [-0.3, -0.25) is 9.59 Å². The van der Waals surface area contributed by atoms with Crippen molar-refractivity contribution < 1.29 is 23.8 Å². The van der Waals surface area contributed by atoms with Crippen LogP contribution in [0.1, 0.15) is 26.7 Å². The summed E-state index contributed by atoms with van der Waals surface area (Å²) < 4.78 is 17.1. The molecule has 0 aromatic carbocycles. The van der Waals surface area contributed by atoms with Gasteiger partial charge in [-0.05, 0) is 18.8 Å². The third-order valence-electron chi connectivity index (χ3n) is 5.46. The molecule has 3 saturated heterocycles. The summed E-state index contributed by atoms with van der Waals surface area (Å²) in [7, 11) is 0. The second-order valence-corrected chi connectivity index (χ2v) is 7.78. The molecule has 4 rings (SSSR count). The Hall–Kier alpha value is -1.40. The summed E-state index contributed by atoms with van der Waals surface area (Å²) in [5.74, 6) is -1.00. The van der Waals surface area contributed by atoms with Crippen LogP contribution < -0.4 is 0 Å². The van der Waals surface area contributed by atoms with Gasteiger partial charge in [-0.1, -0.05) is 26.0 Å². The van der Waals surface area contributed by atoms with E-state index < -0.39 is 17.4 Å². The topological polar surface area (TPSA) is 65.1 Å². The molecule has 6 heteroatoms. The molecule has 1 amide bonds. The molecule has 0 aromatic rings. The predicted octanol–water partition coefficient (Wildman–Crippen LogP) is 1.15. The summed E-state index contributed by atoms with van der Waals surface area (Å²) in [5.41, 5.74) is -0.651. The Labute approximate surface area is 142 Å². The molecule has 4 aliphatic heterocycles. The number of nitrogens with zero attached hydrogens (tertiary/aromatic N) is 1. The lowest BCUT2D eigenvalue weighted by molar-refractivity contribution is -0.154. The van der Waals surface area contributed by atoms with E-state index in [-0.39, 0.29) is 30.0 Å². The number of hydrogen-bond donors (Lipinski definition) is 0. The second-order valence-electron chi connectivity index (χ2n) is 7.78. The molecule has 5 atom stereocenters. The fourth-order valence-electron chi connectivity index (χ4n) is 4.38. The van der Waals surface area contributed by atoms with Crippen molar-refractivity contribution >= 4 is 11.9 Å². The highest BCUT2D eigenvalue weighted by atomic mass is 16.6. The molecule has 0 radical (unpaired) electrons. The number of carbonyl (C=O) groups is 2. The molecule has 0 saturated carbocycles. The maximum absolute atomic E-state index is 13.0. The van der Waals surface area contributed by atoms with Crippen molar-refractivity contribution in [3.8, 4) is 0 Å². The molecule has 24 heavy (non-hydrogen) atoms. The Bertz CT molecular complexity index is 568. The average Bonchev–Trinajstić information content (AvgIpc) is 3.28. The van der Waals surface area contributed by atoms with Crippen LogP contribution in [0.2, 0.25) is 0 Å². The number of ether oxygens (including phenoxy) is 3. The molecule has 0 N–H and O–H groups in total. The maximum atomic E-state index is 13.0. The van der Waals surface area contributed by atoms with Crippen molar-refractivity contribution in [1.29, 1.82) is 0 Å². The van der Waals surface area contributed by atoms with Crippen molar-refractivity contribution in [3.05, 3.63) is 12.2 Å². The maximum Gasteiger partial charge on any atom is 0.312 e. The lowest BCUT2D eigenvalue weighted by atomic mass is 9.77. The minimum atomic E-state index is -0.651. The van der Waals surface area contributed by atoms with Crippen molar-refractivity contribution in [2.24, 2.45) is 17.8 Å². The molecule has 0 unspecified atom stereocenters. The summed E-state index contributed by atoms with van der Waals surface area (Å²) in [5, 5.41) is 0. The first kappa shape index (κ1) is 16.1. The standard InChI is InChI=1S/C18H25NO5/c1-11(2)9-23-17(21)14-13-5-6-18(24-13)10-19(16(20)15(14)18)8-12-4-3-7-22-12/h5-6,11-15H,3-4,7-10H2,1-2H3/t12-,13-,14+,15-,18+/m0/s1. The van der Waals surface area contributed by atoms with Gasteiger partial charge in [-0.2, -0.15) is 0 Å². The zero-order chi connectivity index (χ0) is 16.9. The predicted molar refractivity (Wildman–Crippen MR) is 85.1 cm³/mol. The second kappa shape index (κ2) is 5.85.